The van der Waals surface area contributed by atoms with Crippen LogP contribution in [0.4, 0.5) is 13.2 Å². The molecule has 96 valence electrons. The summed E-state index contributed by atoms with van der Waals surface area (Å²) in [4.78, 5) is 14.4. The van der Waals surface area contributed by atoms with E-state index in [0.717, 1.165) is 12.1 Å². The zero-order valence-corrected chi connectivity index (χ0v) is 8.94. The predicted octanol–water partition coefficient (Wildman–Crippen LogP) is 1.94. The van der Waals surface area contributed by atoms with Gasteiger partial charge >= 0.3 is 12.1 Å². The van der Waals surface area contributed by atoms with Gasteiger partial charge in [-0.3, -0.25) is 0 Å². The Morgan fingerprint density at radius 2 is 2.17 bits per heavy atom. The average molecular weight is 259 g/mol. The second-order valence-corrected chi connectivity index (χ2v) is 3.67. The summed E-state index contributed by atoms with van der Waals surface area (Å²) in [5.41, 5.74) is -0.710. The number of aliphatic imine (C=N–C) groups is 1. The maximum Gasteiger partial charge on any atom is 0.416 e. The Morgan fingerprint density at radius 3 is 2.72 bits per heavy atom. The van der Waals surface area contributed by atoms with Crippen LogP contribution in [0.15, 0.2) is 29.3 Å². The molecule has 1 aromatic carbocycles. The first-order chi connectivity index (χ1) is 8.38. The molecule has 0 aliphatic carbocycles. The molecular weight excluding hydrogens is 251 g/mol. The SMILES string of the molecule is O=C(O)C1CN=C(c2cccc(C(F)(F)F)c2)O1. The quantitative estimate of drug-likeness (QED) is 0.882. The topological polar surface area (TPSA) is 58.9 Å². The van der Waals surface area contributed by atoms with Gasteiger partial charge < -0.3 is 9.84 Å². The molecule has 0 saturated carbocycles. The van der Waals surface area contributed by atoms with E-state index >= 15 is 0 Å². The number of hydrogen-bond donors (Lipinski definition) is 1. The van der Waals surface area contributed by atoms with Crippen molar-refractivity contribution in [3.8, 4) is 0 Å². The zero-order valence-electron chi connectivity index (χ0n) is 8.94. The van der Waals surface area contributed by atoms with Crippen LogP contribution in [-0.2, 0) is 15.7 Å². The molecule has 0 fully saturated rings. The summed E-state index contributed by atoms with van der Waals surface area (Å²) >= 11 is 0. The molecule has 2 rings (SSSR count). The van der Waals surface area contributed by atoms with Gasteiger partial charge in [-0.1, -0.05) is 6.07 Å². The third-order valence-electron chi connectivity index (χ3n) is 2.37. The number of nitrogens with zero attached hydrogens (tertiary/aromatic N) is 1. The number of aliphatic carboxylic acids is 1. The van der Waals surface area contributed by atoms with Gasteiger partial charge in [0.25, 0.3) is 0 Å². The third-order valence-corrected chi connectivity index (χ3v) is 2.37. The van der Waals surface area contributed by atoms with E-state index in [1.807, 2.05) is 0 Å². The Morgan fingerprint density at radius 1 is 1.44 bits per heavy atom. The molecule has 0 amide bonds. The summed E-state index contributed by atoms with van der Waals surface area (Å²) in [6.07, 6.45) is -5.59. The van der Waals surface area contributed by atoms with E-state index in [4.69, 9.17) is 9.84 Å². The van der Waals surface area contributed by atoms with Crippen molar-refractivity contribution in [2.75, 3.05) is 6.54 Å². The highest BCUT2D eigenvalue weighted by Gasteiger charge is 2.32. The normalized spacial score (nSPS) is 19.3. The van der Waals surface area contributed by atoms with Crippen LogP contribution in [0.2, 0.25) is 0 Å². The standard InChI is InChI=1S/C11H8F3NO3/c12-11(13,14)7-3-1-2-6(4-7)9-15-5-8(18-9)10(16)17/h1-4,8H,5H2,(H,16,17). The molecule has 1 N–H and O–H groups in total. The molecule has 0 spiro atoms. The highest BCUT2D eigenvalue weighted by atomic mass is 19.4. The molecule has 1 aliphatic rings. The minimum atomic E-state index is -4.46. The molecule has 1 aromatic rings. The van der Waals surface area contributed by atoms with Gasteiger partial charge in [-0.25, -0.2) is 9.79 Å². The molecule has 4 nitrogen and oxygen atoms in total. The van der Waals surface area contributed by atoms with Crippen molar-refractivity contribution in [2.45, 2.75) is 12.3 Å². The summed E-state index contributed by atoms with van der Waals surface area (Å²) in [6.45, 7) is -0.0963. The van der Waals surface area contributed by atoms with Crippen LogP contribution < -0.4 is 0 Å². The van der Waals surface area contributed by atoms with Crippen LogP contribution >= 0.6 is 0 Å². The van der Waals surface area contributed by atoms with Gasteiger partial charge in [-0.05, 0) is 18.2 Å². The monoisotopic (exact) mass is 259 g/mol. The van der Waals surface area contributed by atoms with E-state index in [1.165, 1.54) is 12.1 Å². The maximum absolute atomic E-state index is 12.5. The summed E-state index contributed by atoms with van der Waals surface area (Å²) < 4.78 is 42.4. The van der Waals surface area contributed by atoms with Crippen molar-refractivity contribution in [2.24, 2.45) is 4.99 Å². The first kappa shape index (κ1) is 12.4. The molecule has 18 heavy (non-hydrogen) atoms. The molecule has 1 unspecified atom stereocenters. The summed E-state index contributed by atoms with van der Waals surface area (Å²) in [5, 5.41) is 8.68. The number of benzene rings is 1. The van der Waals surface area contributed by atoms with Crippen molar-refractivity contribution < 1.29 is 27.8 Å². The summed E-state index contributed by atoms with van der Waals surface area (Å²) in [7, 11) is 0. The minimum Gasteiger partial charge on any atom is -0.478 e. The van der Waals surface area contributed by atoms with Crippen LogP contribution in [0.1, 0.15) is 11.1 Å². The number of carboxylic acid groups (broad SMARTS) is 1. The number of halogens is 3. The zero-order chi connectivity index (χ0) is 13.3. The van der Waals surface area contributed by atoms with Crippen molar-refractivity contribution in [3.63, 3.8) is 0 Å². The average Bonchev–Trinajstić information content (AvgIpc) is 2.77. The maximum atomic E-state index is 12.5. The van der Waals surface area contributed by atoms with Gasteiger partial charge in [0.1, 0.15) is 0 Å². The Kier molecular flexibility index (Phi) is 2.98. The Bertz CT molecular complexity index is 511. The van der Waals surface area contributed by atoms with E-state index in [2.05, 4.69) is 4.99 Å². The second kappa shape index (κ2) is 4.32. The lowest BCUT2D eigenvalue weighted by atomic mass is 10.1. The predicted molar refractivity (Wildman–Crippen MR) is 55.4 cm³/mol. The first-order valence-electron chi connectivity index (χ1n) is 4.99. The molecule has 7 heteroatoms. The first-order valence-corrected chi connectivity index (χ1v) is 4.99. The second-order valence-electron chi connectivity index (χ2n) is 3.67. The van der Waals surface area contributed by atoms with Crippen LogP contribution in [0.5, 0.6) is 0 Å². The molecule has 1 atom stereocenters. The molecule has 0 aromatic heterocycles. The number of carboxylic acids is 1. The van der Waals surface area contributed by atoms with E-state index in [-0.39, 0.29) is 18.0 Å². The Balaban J connectivity index is 2.23. The number of hydrogen-bond acceptors (Lipinski definition) is 3. The van der Waals surface area contributed by atoms with Gasteiger partial charge in [-0.2, -0.15) is 13.2 Å². The van der Waals surface area contributed by atoms with E-state index in [9.17, 15) is 18.0 Å². The van der Waals surface area contributed by atoms with Crippen molar-refractivity contribution >= 4 is 11.9 Å². The summed E-state index contributed by atoms with van der Waals surface area (Å²) in [6, 6.07) is 4.41. The van der Waals surface area contributed by atoms with Crippen LogP contribution in [0.3, 0.4) is 0 Å². The fourth-order valence-electron chi connectivity index (χ4n) is 1.49. The van der Waals surface area contributed by atoms with Gasteiger partial charge in [-0.15, -0.1) is 0 Å². The smallest absolute Gasteiger partial charge is 0.416 e. The fraction of sp³-hybridized carbons (Fsp3) is 0.273. The molecule has 0 saturated heterocycles. The largest absolute Gasteiger partial charge is 0.478 e. The van der Waals surface area contributed by atoms with Gasteiger partial charge in [0.05, 0.1) is 12.1 Å². The Labute approximate surface area is 99.7 Å². The Hall–Kier alpha value is -2.05. The van der Waals surface area contributed by atoms with Gasteiger partial charge in [0.15, 0.2) is 0 Å². The highest BCUT2D eigenvalue weighted by molar-refractivity contribution is 5.97. The van der Waals surface area contributed by atoms with Crippen LogP contribution in [0, 0.1) is 0 Å². The van der Waals surface area contributed by atoms with Crippen molar-refractivity contribution in [1.29, 1.82) is 0 Å². The lowest BCUT2D eigenvalue weighted by Crippen LogP contribution is -2.24. The van der Waals surface area contributed by atoms with E-state index in [1.54, 1.807) is 0 Å². The number of rotatable bonds is 2. The fourth-order valence-corrected chi connectivity index (χ4v) is 1.49. The highest BCUT2D eigenvalue weighted by Crippen LogP contribution is 2.30. The number of alkyl halides is 3. The van der Waals surface area contributed by atoms with E-state index < -0.39 is 23.8 Å². The van der Waals surface area contributed by atoms with E-state index in [0.29, 0.717) is 0 Å². The lowest BCUT2D eigenvalue weighted by molar-refractivity contribution is -0.144. The van der Waals surface area contributed by atoms with Crippen LogP contribution in [-0.4, -0.2) is 29.6 Å². The molecular formula is C11H8F3NO3. The molecule has 1 aliphatic heterocycles. The summed E-state index contributed by atoms with van der Waals surface area (Å²) in [5.74, 6) is -1.27. The molecule has 0 bridgehead atoms. The van der Waals surface area contributed by atoms with Crippen molar-refractivity contribution in [1.82, 2.24) is 0 Å². The number of ether oxygens (including phenoxy) is 1. The molecule has 1 heterocycles. The van der Waals surface area contributed by atoms with Crippen molar-refractivity contribution in [3.05, 3.63) is 35.4 Å². The lowest BCUT2D eigenvalue weighted by Gasteiger charge is -2.09. The minimum absolute atomic E-state index is 0.0755. The van der Waals surface area contributed by atoms with Crippen LogP contribution in [0.25, 0.3) is 0 Å². The number of carbonyl (C=O) groups is 1. The van der Waals surface area contributed by atoms with Gasteiger partial charge in [0.2, 0.25) is 12.0 Å². The van der Waals surface area contributed by atoms with Gasteiger partial charge in [0, 0.05) is 5.56 Å². The third kappa shape index (κ3) is 2.44. The molecule has 0 radical (unpaired) electrons.